The van der Waals surface area contributed by atoms with Gasteiger partial charge in [-0.25, -0.2) is 0 Å². The molecule has 1 aromatic carbocycles. The molecular formula is C22H24ClF3O4. The zero-order valence-corrected chi connectivity index (χ0v) is 17.1. The summed E-state index contributed by atoms with van der Waals surface area (Å²) in [6.07, 6.45) is 3.04. The molecule has 0 saturated heterocycles. The molecule has 2 atom stereocenters. The summed E-state index contributed by atoms with van der Waals surface area (Å²) in [6, 6.07) is 2.62. The number of benzene rings is 1. The predicted octanol–water partition coefficient (Wildman–Crippen LogP) is 6.12. The van der Waals surface area contributed by atoms with Gasteiger partial charge in [0.15, 0.2) is 5.78 Å². The van der Waals surface area contributed by atoms with Crippen LogP contribution in [0, 0.1) is 11.8 Å². The SMILES string of the molecule is O=C(O)CCCCCC[C@@H]1C(=O)CC[C@H]1C=CC(=O)c1cc(C(F)(F)F)ccc1Cl. The minimum Gasteiger partial charge on any atom is -0.481 e. The number of rotatable bonds is 10. The highest BCUT2D eigenvalue weighted by molar-refractivity contribution is 6.34. The number of unbranched alkanes of at least 4 members (excludes halogenated alkanes) is 3. The number of hydrogen-bond donors (Lipinski definition) is 1. The Morgan fingerprint density at radius 3 is 2.53 bits per heavy atom. The van der Waals surface area contributed by atoms with Crippen molar-refractivity contribution in [1.82, 2.24) is 0 Å². The Hall–Kier alpha value is -2.15. The largest absolute Gasteiger partial charge is 0.481 e. The molecule has 0 aromatic heterocycles. The summed E-state index contributed by atoms with van der Waals surface area (Å²) < 4.78 is 38.7. The maximum absolute atomic E-state index is 12.9. The van der Waals surface area contributed by atoms with Gasteiger partial charge < -0.3 is 5.11 Å². The minimum atomic E-state index is -4.57. The molecule has 164 valence electrons. The van der Waals surface area contributed by atoms with Gasteiger partial charge in [-0.3, -0.25) is 14.4 Å². The molecule has 0 unspecified atom stereocenters. The third-order valence-electron chi connectivity index (χ3n) is 5.36. The molecule has 1 aliphatic carbocycles. The number of ketones is 2. The molecule has 0 spiro atoms. The van der Waals surface area contributed by atoms with E-state index in [9.17, 15) is 27.6 Å². The molecule has 1 N–H and O–H groups in total. The molecule has 0 amide bonds. The third-order valence-corrected chi connectivity index (χ3v) is 5.69. The van der Waals surface area contributed by atoms with Crippen LogP contribution < -0.4 is 0 Å². The standard InChI is InChI=1S/C22H24ClF3O4/c23-18-10-9-15(22(24,25)26)13-17(18)20(28)12-8-14-7-11-19(27)16(14)5-3-1-2-4-6-21(29)30/h8-10,12-14,16H,1-7,11H2,(H,29,30)/t14-,16-/m0/s1. The monoisotopic (exact) mass is 444 g/mol. The van der Waals surface area contributed by atoms with Crippen molar-refractivity contribution in [2.24, 2.45) is 11.8 Å². The molecule has 0 heterocycles. The van der Waals surface area contributed by atoms with Crippen LogP contribution in [0.15, 0.2) is 30.4 Å². The lowest BCUT2D eigenvalue weighted by Crippen LogP contribution is -2.13. The van der Waals surface area contributed by atoms with Gasteiger partial charge in [-0.15, -0.1) is 0 Å². The van der Waals surface area contributed by atoms with E-state index < -0.39 is 23.5 Å². The Balaban J connectivity index is 1.96. The lowest BCUT2D eigenvalue weighted by molar-refractivity contribution is -0.138. The van der Waals surface area contributed by atoms with Gasteiger partial charge in [0.2, 0.25) is 0 Å². The van der Waals surface area contributed by atoms with Crippen molar-refractivity contribution in [2.75, 3.05) is 0 Å². The normalized spacial score (nSPS) is 19.5. The van der Waals surface area contributed by atoms with Crippen LogP contribution in [-0.4, -0.2) is 22.6 Å². The summed E-state index contributed by atoms with van der Waals surface area (Å²) in [4.78, 5) is 35.1. The van der Waals surface area contributed by atoms with Crippen LogP contribution in [0.5, 0.6) is 0 Å². The average Bonchev–Trinajstić information content (AvgIpc) is 3.01. The molecule has 2 rings (SSSR count). The fourth-order valence-electron chi connectivity index (χ4n) is 3.72. The van der Waals surface area contributed by atoms with Crippen molar-refractivity contribution in [3.63, 3.8) is 0 Å². The van der Waals surface area contributed by atoms with E-state index in [0.29, 0.717) is 25.7 Å². The number of carboxylic acids is 1. The van der Waals surface area contributed by atoms with E-state index in [1.165, 1.54) is 6.08 Å². The van der Waals surface area contributed by atoms with Crippen molar-refractivity contribution in [2.45, 2.75) is 57.5 Å². The van der Waals surface area contributed by atoms with Gasteiger partial charge >= 0.3 is 12.1 Å². The van der Waals surface area contributed by atoms with E-state index in [2.05, 4.69) is 0 Å². The second-order valence-corrected chi connectivity index (χ2v) is 7.94. The number of aliphatic carboxylic acids is 1. The quantitative estimate of drug-likeness (QED) is 0.268. The molecule has 1 saturated carbocycles. The fraction of sp³-hybridized carbons (Fsp3) is 0.500. The summed E-state index contributed by atoms with van der Waals surface area (Å²) >= 11 is 5.91. The van der Waals surface area contributed by atoms with Gasteiger partial charge in [0.25, 0.3) is 0 Å². The van der Waals surface area contributed by atoms with E-state index in [1.807, 2.05) is 0 Å². The van der Waals surface area contributed by atoms with Gasteiger partial charge in [-0.2, -0.15) is 13.2 Å². The molecule has 30 heavy (non-hydrogen) atoms. The zero-order chi connectivity index (χ0) is 22.3. The smallest absolute Gasteiger partial charge is 0.416 e. The first kappa shape index (κ1) is 24.1. The van der Waals surface area contributed by atoms with E-state index in [-0.39, 0.29) is 34.6 Å². The van der Waals surface area contributed by atoms with Crippen LogP contribution in [0.3, 0.4) is 0 Å². The second kappa shape index (κ2) is 10.8. The number of halogens is 4. The van der Waals surface area contributed by atoms with Gasteiger partial charge in [0.1, 0.15) is 5.78 Å². The summed E-state index contributed by atoms with van der Waals surface area (Å²) in [5, 5.41) is 8.57. The van der Waals surface area contributed by atoms with E-state index in [0.717, 1.165) is 37.5 Å². The summed E-state index contributed by atoms with van der Waals surface area (Å²) in [5.74, 6) is -1.68. The van der Waals surface area contributed by atoms with Gasteiger partial charge in [0.05, 0.1) is 10.6 Å². The van der Waals surface area contributed by atoms with E-state index >= 15 is 0 Å². The Kier molecular flexibility index (Phi) is 8.65. The number of Topliss-reactive ketones (excluding diaryl/α,β-unsaturated/α-hetero) is 1. The molecule has 1 aliphatic rings. The Morgan fingerprint density at radius 1 is 1.17 bits per heavy atom. The highest BCUT2D eigenvalue weighted by atomic mass is 35.5. The maximum Gasteiger partial charge on any atom is 0.416 e. The van der Waals surface area contributed by atoms with Gasteiger partial charge in [0, 0.05) is 24.3 Å². The van der Waals surface area contributed by atoms with Crippen LogP contribution in [0.4, 0.5) is 13.2 Å². The Labute approximate surface area is 178 Å². The molecule has 4 nitrogen and oxygen atoms in total. The van der Waals surface area contributed by atoms with Gasteiger partial charge in [-0.05, 0) is 49.5 Å². The van der Waals surface area contributed by atoms with Crippen molar-refractivity contribution in [3.05, 3.63) is 46.5 Å². The van der Waals surface area contributed by atoms with Crippen molar-refractivity contribution in [1.29, 1.82) is 0 Å². The minimum absolute atomic E-state index is 0.0574. The van der Waals surface area contributed by atoms with Crippen molar-refractivity contribution < 1.29 is 32.7 Å². The summed E-state index contributed by atoms with van der Waals surface area (Å²) in [6.45, 7) is 0. The lowest BCUT2D eigenvalue weighted by Gasteiger charge is -2.15. The fourth-order valence-corrected chi connectivity index (χ4v) is 3.94. The number of carbonyl (C=O) groups excluding carboxylic acids is 2. The Bertz CT molecular complexity index is 817. The average molecular weight is 445 g/mol. The topological polar surface area (TPSA) is 71.4 Å². The zero-order valence-electron chi connectivity index (χ0n) is 16.4. The first-order valence-corrected chi connectivity index (χ1v) is 10.3. The highest BCUT2D eigenvalue weighted by Gasteiger charge is 2.33. The predicted molar refractivity (Wildman–Crippen MR) is 106 cm³/mol. The Morgan fingerprint density at radius 2 is 1.87 bits per heavy atom. The van der Waals surface area contributed by atoms with E-state index in [4.69, 9.17) is 16.7 Å². The highest BCUT2D eigenvalue weighted by Crippen LogP contribution is 2.35. The van der Waals surface area contributed by atoms with Crippen LogP contribution in [-0.2, 0) is 15.8 Å². The van der Waals surface area contributed by atoms with Crippen LogP contribution in [0.25, 0.3) is 0 Å². The molecule has 0 aliphatic heterocycles. The van der Waals surface area contributed by atoms with Gasteiger partial charge in [-0.1, -0.05) is 36.9 Å². The number of carboxylic acid groups (broad SMARTS) is 1. The maximum atomic E-state index is 12.9. The molecule has 1 fully saturated rings. The second-order valence-electron chi connectivity index (χ2n) is 7.54. The molecule has 0 radical (unpaired) electrons. The number of alkyl halides is 3. The van der Waals surface area contributed by atoms with Crippen molar-refractivity contribution >= 4 is 29.1 Å². The first-order valence-electron chi connectivity index (χ1n) is 9.93. The van der Waals surface area contributed by atoms with E-state index in [1.54, 1.807) is 6.08 Å². The van der Waals surface area contributed by atoms with Crippen LogP contribution in [0.2, 0.25) is 5.02 Å². The molecule has 0 bridgehead atoms. The molecule has 8 heteroatoms. The number of allylic oxidation sites excluding steroid dienone is 2. The number of hydrogen-bond acceptors (Lipinski definition) is 3. The van der Waals surface area contributed by atoms with Crippen LogP contribution in [0.1, 0.15) is 67.3 Å². The lowest BCUT2D eigenvalue weighted by atomic mass is 9.89. The molecular weight excluding hydrogens is 421 g/mol. The van der Waals surface area contributed by atoms with Crippen molar-refractivity contribution in [3.8, 4) is 0 Å². The first-order chi connectivity index (χ1) is 14.1. The van der Waals surface area contributed by atoms with Crippen LogP contribution >= 0.6 is 11.6 Å². The molecule has 1 aromatic rings. The number of carbonyl (C=O) groups is 3. The summed E-state index contributed by atoms with van der Waals surface area (Å²) in [5.41, 5.74) is -1.16. The summed E-state index contributed by atoms with van der Waals surface area (Å²) in [7, 11) is 0. The third kappa shape index (κ3) is 6.97.